The Morgan fingerprint density at radius 3 is 2.16 bits per heavy atom. The summed E-state index contributed by atoms with van der Waals surface area (Å²) in [7, 11) is 0. The number of aliphatic carboxylic acids is 1. The van der Waals surface area contributed by atoms with Crippen LogP contribution in [0.1, 0.15) is 25.8 Å². The van der Waals surface area contributed by atoms with Crippen molar-refractivity contribution in [2.45, 2.75) is 26.4 Å². The maximum absolute atomic E-state index is 12.6. The lowest BCUT2D eigenvalue weighted by atomic mass is 9.99. The minimum atomic E-state index is -1.76. The number of carboxylic acid groups (broad SMARTS) is 1. The SMILES string of the molecule is CCOC(=O)/C(C(=O)C(CC(=O)O)OC(C)=O)=C(/O)c1ccccc1. The molecular formula is C17H18O8. The summed E-state index contributed by atoms with van der Waals surface area (Å²) in [6.45, 7) is 2.42. The molecular weight excluding hydrogens is 332 g/mol. The van der Waals surface area contributed by atoms with Gasteiger partial charge in [0.25, 0.3) is 0 Å². The molecule has 0 spiro atoms. The van der Waals surface area contributed by atoms with Crippen LogP contribution < -0.4 is 0 Å². The van der Waals surface area contributed by atoms with Gasteiger partial charge in [-0.1, -0.05) is 30.3 Å². The lowest BCUT2D eigenvalue weighted by Crippen LogP contribution is -2.33. The second-order valence-electron chi connectivity index (χ2n) is 4.87. The number of esters is 2. The molecule has 0 aliphatic heterocycles. The van der Waals surface area contributed by atoms with E-state index in [0.717, 1.165) is 6.92 Å². The van der Waals surface area contributed by atoms with E-state index in [9.17, 15) is 24.3 Å². The van der Waals surface area contributed by atoms with Gasteiger partial charge < -0.3 is 19.7 Å². The highest BCUT2D eigenvalue weighted by atomic mass is 16.6. The summed E-state index contributed by atoms with van der Waals surface area (Å²) in [5.74, 6) is -5.30. The number of carbonyl (C=O) groups is 4. The van der Waals surface area contributed by atoms with Crippen LogP contribution in [0.3, 0.4) is 0 Å². The fourth-order valence-corrected chi connectivity index (χ4v) is 1.97. The number of hydrogen-bond donors (Lipinski definition) is 2. The molecule has 0 saturated heterocycles. The van der Waals surface area contributed by atoms with Crippen LogP contribution in [-0.4, -0.2) is 46.6 Å². The third-order valence-corrected chi connectivity index (χ3v) is 2.97. The van der Waals surface area contributed by atoms with Crippen LogP contribution in [-0.2, 0) is 28.7 Å². The highest BCUT2D eigenvalue weighted by molar-refractivity contribution is 6.24. The van der Waals surface area contributed by atoms with Crippen LogP contribution >= 0.6 is 0 Å². The van der Waals surface area contributed by atoms with E-state index in [4.69, 9.17) is 14.6 Å². The zero-order chi connectivity index (χ0) is 19.0. The van der Waals surface area contributed by atoms with Gasteiger partial charge in [-0.05, 0) is 6.92 Å². The minimum Gasteiger partial charge on any atom is -0.506 e. The minimum absolute atomic E-state index is 0.0746. The molecule has 0 radical (unpaired) electrons. The molecule has 0 fully saturated rings. The molecule has 2 N–H and O–H groups in total. The first-order chi connectivity index (χ1) is 11.8. The van der Waals surface area contributed by atoms with E-state index in [1.807, 2.05) is 0 Å². The van der Waals surface area contributed by atoms with Gasteiger partial charge in [-0.25, -0.2) is 4.79 Å². The highest BCUT2D eigenvalue weighted by Crippen LogP contribution is 2.21. The van der Waals surface area contributed by atoms with Crippen molar-refractivity contribution in [2.24, 2.45) is 0 Å². The van der Waals surface area contributed by atoms with Crippen molar-refractivity contribution in [3.63, 3.8) is 0 Å². The van der Waals surface area contributed by atoms with Crippen molar-refractivity contribution < 1.29 is 38.9 Å². The molecule has 0 saturated carbocycles. The summed E-state index contributed by atoms with van der Waals surface area (Å²) in [6.07, 6.45) is -2.62. The van der Waals surface area contributed by atoms with Gasteiger partial charge in [-0.3, -0.25) is 14.4 Å². The molecule has 1 aromatic rings. The Kier molecular flexibility index (Phi) is 7.33. The van der Waals surface area contributed by atoms with Crippen molar-refractivity contribution in [1.82, 2.24) is 0 Å². The van der Waals surface area contributed by atoms with Gasteiger partial charge in [0.2, 0.25) is 5.78 Å². The summed E-state index contributed by atoms with van der Waals surface area (Å²) in [5, 5.41) is 19.2. The fraction of sp³-hybridized carbons (Fsp3) is 0.294. The summed E-state index contributed by atoms with van der Waals surface area (Å²) in [5.41, 5.74) is -0.628. The Labute approximate surface area is 143 Å². The van der Waals surface area contributed by atoms with E-state index in [2.05, 4.69) is 0 Å². The highest BCUT2D eigenvalue weighted by Gasteiger charge is 2.34. The Morgan fingerprint density at radius 1 is 1.08 bits per heavy atom. The topological polar surface area (TPSA) is 127 Å². The quantitative estimate of drug-likeness (QED) is 0.237. The molecule has 1 rings (SSSR count). The Hall–Kier alpha value is -3.16. The van der Waals surface area contributed by atoms with E-state index in [1.54, 1.807) is 18.2 Å². The van der Waals surface area contributed by atoms with Gasteiger partial charge in [0, 0.05) is 12.5 Å². The molecule has 1 unspecified atom stereocenters. The van der Waals surface area contributed by atoms with Crippen LogP contribution in [0, 0.1) is 0 Å². The first-order valence-electron chi connectivity index (χ1n) is 7.36. The lowest BCUT2D eigenvalue weighted by Gasteiger charge is -2.16. The molecule has 25 heavy (non-hydrogen) atoms. The van der Waals surface area contributed by atoms with Crippen LogP contribution in [0.2, 0.25) is 0 Å². The zero-order valence-corrected chi connectivity index (χ0v) is 13.7. The molecule has 0 aromatic heterocycles. The van der Waals surface area contributed by atoms with Gasteiger partial charge >= 0.3 is 17.9 Å². The van der Waals surface area contributed by atoms with Gasteiger partial charge in [0.05, 0.1) is 13.0 Å². The molecule has 0 aliphatic carbocycles. The average Bonchev–Trinajstić information content (AvgIpc) is 2.54. The van der Waals surface area contributed by atoms with Crippen LogP contribution in [0.4, 0.5) is 0 Å². The zero-order valence-electron chi connectivity index (χ0n) is 13.7. The van der Waals surface area contributed by atoms with Gasteiger partial charge in [0.1, 0.15) is 11.3 Å². The van der Waals surface area contributed by atoms with E-state index in [0.29, 0.717) is 0 Å². The number of carbonyl (C=O) groups excluding carboxylic acids is 3. The third kappa shape index (κ3) is 5.76. The molecule has 0 aliphatic rings. The van der Waals surface area contributed by atoms with E-state index in [1.165, 1.54) is 19.1 Å². The number of aliphatic hydroxyl groups is 1. The lowest BCUT2D eigenvalue weighted by molar-refractivity contribution is -0.157. The number of ketones is 1. The smallest absolute Gasteiger partial charge is 0.345 e. The normalized spacial score (nSPS) is 12.6. The second-order valence-corrected chi connectivity index (χ2v) is 4.87. The van der Waals surface area contributed by atoms with E-state index in [-0.39, 0.29) is 12.2 Å². The van der Waals surface area contributed by atoms with Crippen molar-refractivity contribution in [2.75, 3.05) is 6.61 Å². The second kappa shape index (κ2) is 9.21. The predicted molar refractivity (Wildman–Crippen MR) is 85.4 cm³/mol. The number of aliphatic hydroxyl groups excluding tert-OH is 1. The number of hydrogen-bond acceptors (Lipinski definition) is 7. The van der Waals surface area contributed by atoms with Gasteiger partial charge in [0.15, 0.2) is 6.10 Å². The van der Waals surface area contributed by atoms with Crippen molar-refractivity contribution in [1.29, 1.82) is 0 Å². The first kappa shape index (κ1) is 19.9. The largest absolute Gasteiger partial charge is 0.506 e. The number of carboxylic acids is 1. The van der Waals surface area contributed by atoms with Gasteiger partial charge in [-0.15, -0.1) is 0 Å². The van der Waals surface area contributed by atoms with E-state index < -0.39 is 47.5 Å². The molecule has 1 aromatic carbocycles. The van der Waals surface area contributed by atoms with Crippen molar-refractivity contribution in [3.8, 4) is 0 Å². The maximum Gasteiger partial charge on any atom is 0.345 e. The number of benzene rings is 1. The van der Waals surface area contributed by atoms with Crippen molar-refractivity contribution >= 4 is 29.5 Å². The predicted octanol–water partition coefficient (Wildman–Crippen LogP) is 1.49. The average molecular weight is 350 g/mol. The standard InChI is InChI=1S/C17H18O8/c1-3-24-17(23)14(15(21)11-7-5-4-6-8-11)16(22)12(9-13(19)20)25-10(2)18/h4-8,12,21H,3,9H2,1-2H3,(H,19,20)/b15-14+. The molecule has 0 bridgehead atoms. The van der Waals surface area contributed by atoms with Gasteiger partial charge in [-0.2, -0.15) is 0 Å². The third-order valence-electron chi connectivity index (χ3n) is 2.97. The fourth-order valence-electron chi connectivity index (χ4n) is 1.97. The molecule has 0 heterocycles. The van der Waals surface area contributed by atoms with Crippen molar-refractivity contribution in [3.05, 3.63) is 41.5 Å². The Morgan fingerprint density at radius 2 is 1.68 bits per heavy atom. The Bertz CT molecular complexity index is 674. The summed E-state index contributed by atoms with van der Waals surface area (Å²) in [6, 6.07) is 7.69. The molecule has 8 heteroatoms. The maximum atomic E-state index is 12.6. The monoisotopic (exact) mass is 350 g/mol. The van der Waals surface area contributed by atoms with Crippen LogP contribution in [0.15, 0.2) is 35.9 Å². The van der Waals surface area contributed by atoms with E-state index >= 15 is 0 Å². The summed E-state index contributed by atoms with van der Waals surface area (Å²) in [4.78, 5) is 46.8. The molecule has 134 valence electrons. The number of rotatable bonds is 8. The summed E-state index contributed by atoms with van der Waals surface area (Å²) >= 11 is 0. The number of ether oxygens (including phenoxy) is 2. The number of Topliss-reactive ketones (excluding diaryl/α,β-unsaturated/α-hetero) is 1. The molecule has 8 nitrogen and oxygen atoms in total. The summed E-state index contributed by atoms with van der Waals surface area (Å²) < 4.78 is 9.46. The van der Waals surface area contributed by atoms with Crippen LogP contribution in [0.25, 0.3) is 5.76 Å². The molecule has 0 amide bonds. The van der Waals surface area contributed by atoms with Crippen LogP contribution in [0.5, 0.6) is 0 Å². The molecule has 1 atom stereocenters. The Balaban J connectivity index is 3.39. The first-order valence-corrected chi connectivity index (χ1v) is 7.36.